The lowest BCUT2D eigenvalue weighted by Crippen LogP contribution is -2.45. The quantitative estimate of drug-likeness (QED) is 0.733. The number of rotatable bonds is 6. The van der Waals surface area contributed by atoms with Crippen LogP contribution in [0.2, 0.25) is 0 Å². The Balaban J connectivity index is 2.10. The summed E-state index contributed by atoms with van der Waals surface area (Å²) >= 11 is 3.40. The van der Waals surface area contributed by atoms with E-state index in [9.17, 15) is 4.79 Å². The molecule has 1 fully saturated rings. The van der Waals surface area contributed by atoms with E-state index >= 15 is 0 Å². The van der Waals surface area contributed by atoms with Crippen LogP contribution in [0, 0.1) is 11.3 Å². The first kappa shape index (κ1) is 18.6. The Bertz CT molecular complexity index is 627. The zero-order valence-electron chi connectivity index (χ0n) is 14.2. The van der Waals surface area contributed by atoms with Crippen LogP contribution in [0.3, 0.4) is 0 Å². The van der Waals surface area contributed by atoms with Crippen LogP contribution in [-0.4, -0.2) is 36.6 Å². The minimum atomic E-state index is -0.0267. The van der Waals surface area contributed by atoms with E-state index in [0.29, 0.717) is 34.2 Å². The number of ether oxygens (including phenoxy) is 2. The van der Waals surface area contributed by atoms with E-state index in [1.54, 1.807) is 12.1 Å². The lowest BCUT2D eigenvalue weighted by Gasteiger charge is -2.35. The van der Waals surface area contributed by atoms with Crippen molar-refractivity contribution in [2.24, 2.45) is 0 Å². The van der Waals surface area contributed by atoms with Gasteiger partial charge in [0.2, 0.25) is 0 Å². The molecule has 0 aromatic heterocycles. The van der Waals surface area contributed by atoms with E-state index in [2.05, 4.69) is 28.9 Å². The smallest absolute Gasteiger partial charge is 0.260 e. The molecule has 1 heterocycles. The Morgan fingerprint density at radius 3 is 2.83 bits per heavy atom. The van der Waals surface area contributed by atoms with Crippen LogP contribution in [0.25, 0.3) is 0 Å². The number of hydrogen-bond acceptors (Lipinski definition) is 4. The number of carbonyl (C=O) groups is 1. The molecular formula is C18H23BrN2O3. The molecule has 0 bridgehead atoms. The number of amides is 1. The summed E-state index contributed by atoms with van der Waals surface area (Å²) in [6.45, 7) is 5.20. The maximum atomic E-state index is 12.5. The molecule has 0 N–H and O–H groups in total. The van der Waals surface area contributed by atoms with Gasteiger partial charge >= 0.3 is 0 Å². The molecule has 6 heteroatoms. The van der Waals surface area contributed by atoms with Crippen molar-refractivity contribution in [2.45, 2.75) is 45.6 Å². The van der Waals surface area contributed by atoms with Gasteiger partial charge in [-0.2, -0.15) is 5.26 Å². The average molecular weight is 395 g/mol. The van der Waals surface area contributed by atoms with Crippen LogP contribution in [0.15, 0.2) is 16.6 Å². The normalized spacial score (nSPS) is 17.2. The Kier molecular flexibility index (Phi) is 6.92. The second-order valence-corrected chi connectivity index (χ2v) is 6.62. The van der Waals surface area contributed by atoms with Gasteiger partial charge in [-0.05, 0) is 54.6 Å². The number of piperidine rings is 1. The Labute approximate surface area is 151 Å². The molecule has 24 heavy (non-hydrogen) atoms. The summed E-state index contributed by atoms with van der Waals surface area (Å²) in [5.74, 6) is 0.941. The molecule has 1 aliphatic rings. The SMILES string of the molecule is CCOc1cc(C#N)cc(Br)c1OCC(=O)N1CCCCC1CC. The van der Waals surface area contributed by atoms with Crippen molar-refractivity contribution in [3.63, 3.8) is 0 Å². The van der Waals surface area contributed by atoms with Crippen LogP contribution < -0.4 is 9.47 Å². The highest BCUT2D eigenvalue weighted by atomic mass is 79.9. The first-order chi connectivity index (χ1) is 11.6. The molecule has 0 radical (unpaired) electrons. The van der Waals surface area contributed by atoms with Gasteiger partial charge in [-0.15, -0.1) is 0 Å². The molecule has 5 nitrogen and oxygen atoms in total. The van der Waals surface area contributed by atoms with Crippen molar-refractivity contribution >= 4 is 21.8 Å². The van der Waals surface area contributed by atoms with Gasteiger partial charge in [-0.3, -0.25) is 4.79 Å². The molecule has 1 unspecified atom stereocenters. The standard InChI is InChI=1S/C18H23BrN2O3/c1-3-14-7-5-6-8-21(14)17(22)12-24-18-15(19)9-13(11-20)10-16(18)23-4-2/h9-10,14H,3-8,12H2,1-2H3. The Morgan fingerprint density at radius 2 is 2.17 bits per heavy atom. The highest BCUT2D eigenvalue weighted by molar-refractivity contribution is 9.10. The zero-order chi connectivity index (χ0) is 17.5. The number of hydrogen-bond donors (Lipinski definition) is 0. The van der Waals surface area contributed by atoms with Crippen LogP contribution in [-0.2, 0) is 4.79 Å². The molecule has 1 atom stereocenters. The van der Waals surface area contributed by atoms with Crippen molar-refractivity contribution in [3.05, 3.63) is 22.2 Å². The van der Waals surface area contributed by atoms with E-state index in [1.807, 2.05) is 11.8 Å². The third kappa shape index (κ3) is 4.41. The molecule has 1 saturated heterocycles. The van der Waals surface area contributed by atoms with E-state index in [0.717, 1.165) is 25.8 Å². The van der Waals surface area contributed by atoms with Gasteiger partial charge in [-0.1, -0.05) is 6.92 Å². The maximum Gasteiger partial charge on any atom is 0.260 e. The second-order valence-electron chi connectivity index (χ2n) is 5.76. The number of halogens is 1. The molecule has 0 saturated carbocycles. The molecule has 1 aromatic carbocycles. The van der Waals surface area contributed by atoms with E-state index in [-0.39, 0.29) is 12.5 Å². The van der Waals surface area contributed by atoms with Gasteiger partial charge in [0.25, 0.3) is 5.91 Å². The fourth-order valence-electron chi connectivity index (χ4n) is 3.01. The number of nitriles is 1. The van der Waals surface area contributed by atoms with Crippen molar-refractivity contribution in [2.75, 3.05) is 19.8 Å². The van der Waals surface area contributed by atoms with Gasteiger partial charge in [0, 0.05) is 18.7 Å². The second kappa shape index (κ2) is 8.93. The van der Waals surface area contributed by atoms with Crippen molar-refractivity contribution in [1.29, 1.82) is 5.26 Å². The summed E-state index contributed by atoms with van der Waals surface area (Å²) in [7, 11) is 0. The highest BCUT2D eigenvalue weighted by Crippen LogP contribution is 2.37. The first-order valence-corrected chi connectivity index (χ1v) is 9.18. The summed E-state index contributed by atoms with van der Waals surface area (Å²) in [5.41, 5.74) is 0.478. The minimum Gasteiger partial charge on any atom is -0.490 e. The Morgan fingerprint density at radius 1 is 1.38 bits per heavy atom. The summed E-state index contributed by atoms with van der Waals surface area (Å²) in [5, 5.41) is 9.06. The average Bonchev–Trinajstić information content (AvgIpc) is 2.60. The molecule has 0 spiro atoms. The lowest BCUT2D eigenvalue weighted by atomic mass is 10.00. The van der Waals surface area contributed by atoms with Crippen LogP contribution >= 0.6 is 15.9 Å². The third-order valence-electron chi connectivity index (χ3n) is 4.20. The predicted molar refractivity (Wildman–Crippen MR) is 95.2 cm³/mol. The monoisotopic (exact) mass is 394 g/mol. The summed E-state index contributed by atoms with van der Waals surface area (Å²) < 4.78 is 11.9. The van der Waals surface area contributed by atoms with Gasteiger partial charge in [0.05, 0.1) is 22.7 Å². The fourth-order valence-corrected chi connectivity index (χ4v) is 3.56. The zero-order valence-corrected chi connectivity index (χ0v) is 15.8. The van der Waals surface area contributed by atoms with E-state index in [4.69, 9.17) is 14.7 Å². The molecule has 0 aliphatic carbocycles. The molecule has 2 rings (SSSR count). The first-order valence-electron chi connectivity index (χ1n) is 8.39. The minimum absolute atomic E-state index is 0.000239. The third-order valence-corrected chi connectivity index (χ3v) is 4.79. The molecule has 1 amide bonds. The van der Waals surface area contributed by atoms with Gasteiger partial charge in [0.15, 0.2) is 18.1 Å². The topological polar surface area (TPSA) is 62.6 Å². The van der Waals surface area contributed by atoms with E-state index in [1.165, 1.54) is 6.42 Å². The van der Waals surface area contributed by atoms with E-state index < -0.39 is 0 Å². The van der Waals surface area contributed by atoms with Crippen molar-refractivity contribution in [1.82, 2.24) is 4.90 Å². The molecule has 1 aliphatic heterocycles. The summed E-state index contributed by atoms with van der Waals surface area (Å²) in [6.07, 6.45) is 4.26. The van der Waals surface area contributed by atoms with Crippen molar-refractivity contribution < 1.29 is 14.3 Å². The van der Waals surface area contributed by atoms with Crippen LogP contribution in [0.4, 0.5) is 0 Å². The lowest BCUT2D eigenvalue weighted by molar-refractivity contribution is -0.137. The fraction of sp³-hybridized carbons (Fsp3) is 0.556. The van der Waals surface area contributed by atoms with Gasteiger partial charge in [-0.25, -0.2) is 0 Å². The van der Waals surface area contributed by atoms with Crippen LogP contribution in [0.5, 0.6) is 11.5 Å². The van der Waals surface area contributed by atoms with Gasteiger partial charge < -0.3 is 14.4 Å². The largest absolute Gasteiger partial charge is 0.490 e. The number of carbonyl (C=O) groups excluding carboxylic acids is 1. The maximum absolute atomic E-state index is 12.5. The number of benzene rings is 1. The van der Waals surface area contributed by atoms with Gasteiger partial charge in [0.1, 0.15) is 0 Å². The molecule has 130 valence electrons. The number of likely N-dealkylation sites (tertiary alicyclic amines) is 1. The highest BCUT2D eigenvalue weighted by Gasteiger charge is 2.26. The molecular weight excluding hydrogens is 372 g/mol. The molecule has 1 aromatic rings. The Hall–Kier alpha value is -1.74. The van der Waals surface area contributed by atoms with Crippen LogP contribution in [0.1, 0.15) is 45.1 Å². The summed E-state index contributed by atoms with van der Waals surface area (Å²) in [4.78, 5) is 14.5. The summed E-state index contributed by atoms with van der Waals surface area (Å²) in [6, 6.07) is 5.69. The predicted octanol–water partition coefficient (Wildman–Crippen LogP) is 3.89. The van der Waals surface area contributed by atoms with Crippen molar-refractivity contribution in [3.8, 4) is 17.6 Å². The number of nitrogens with zero attached hydrogens (tertiary/aromatic N) is 2.